The van der Waals surface area contributed by atoms with Crippen molar-refractivity contribution in [1.82, 2.24) is 9.88 Å². The summed E-state index contributed by atoms with van der Waals surface area (Å²) < 4.78 is 17.2. The Bertz CT molecular complexity index is 1620. The number of ketones is 1. The van der Waals surface area contributed by atoms with Crippen LogP contribution in [0.15, 0.2) is 96.8 Å². The standard InChI is InChI=1S/C34H32N2O6/c1-4-41-28-15-12-25(18-29(28)40-3)31-30(33(38)34(39)36(31)20-24-11-8-16-35-19-24)32(37)27-14-13-26(17-22(27)2)42-21-23-9-6-5-7-10-23/h5-19,31,37H,4,20-21H2,1-3H3/b32-30+. The highest BCUT2D eigenvalue weighted by Crippen LogP contribution is 2.43. The van der Waals surface area contributed by atoms with E-state index in [-0.39, 0.29) is 17.9 Å². The lowest BCUT2D eigenvalue weighted by Gasteiger charge is -2.26. The summed E-state index contributed by atoms with van der Waals surface area (Å²) in [5, 5.41) is 11.6. The summed E-state index contributed by atoms with van der Waals surface area (Å²) >= 11 is 0. The number of aromatic nitrogens is 1. The Hall–Kier alpha value is -5.11. The summed E-state index contributed by atoms with van der Waals surface area (Å²) in [5.74, 6) is -0.117. The summed E-state index contributed by atoms with van der Waals surface area (Å²) in [6.07, 6.45) is 3.29. The van der Waals surface area contributed by atoms with Gasteiger partial charge in [-0.05, 0) is 72.5 Å². The van der Waals surface area contributed by atoms with Crippen LogP contribution in [0.5, 0.6) is 17.2 Å². The predicted molar refractivity (Wildman–Crippen MR) is 158 cm³/mol. The number of methoxy groups -OCH3 is 1. The third-order valence-corrected chi connectivity index (χ3v) is 7.12. The van der Waals surface area contributed by atoms with E-state index in [1.54, 1.807) is 54.9 Å². The zero-order valence-electron chi connectivity index (χ0n) is 23.7. The molecule has 42 heavy (non-hydrogen) atoms. The summed E-state index contributed by atoms with van der Waals surface area (Å²) in [7, 11) is 1.53. The van der Waals surface area contributed by atoms with Gasteiger partial charge in [-0.15, -0.1) is 0 Å². The maximum Gasteiger partial charge on any atom is 0.295 e. The van der Waals surface area contributed by atoms with Crippen LogP contribution in [0.1, 0.15) is 40.8 Å². The van der Waals surface area contributed by atoms with Crippen LogP contribution in [0, 0.1) is 6.92 Å². The van der Waals surface area contributed by atoms with Crippen LogP contribution in [0.25, 0.3) is 5.76 Å². The zero-order valence-corrected chi connectivity index (χ0v) is 23.7. The van der Waals surface area contributed by atoms with Crippen molar-refractivity contribution in [2.24, 2.45) is 0 Å². The number of carbonyl (C=O) groups is 2. The summed E-state index contributed by atoms with van der Waals surface area (Å²) in [6, 6.07) is 23.0. The molecular weight excluding hydrogens is 532 g/mol. The van der Waals surface area contributed by atoms with Crippen molar-refractivity contribution in [1.29, 1.82) is 0 Å². The summed E-state index contributed by atoms with van der Waals surface area (Å²) in [5.41, 5.74) is 3.50. The van der Waals surface area contributed by atoms with Crippen LogP contribution < -0.4 is 14.2 Å². The van der Waals surface area contributed by atoms with Gasteiger partial charge in [0.2, 0.25) is 0 Å². The van der Waals surface area contributed by atoms with E-state index >= 15 is 0 Å². The van der Waals surface area contributed by atoms with Gasteiger partial charge in [0, 0.05) is 24.5 Å². The quantitative estimate of drug-likeness (QED) is 0.143. The second kappa shape index (κ2) is 12.6. The lowest BCUT2D eigenvalue weighted by Crippen LogP contribution is -2.29. The first-order chi connectivity index (χ1) is 20.4. The topological polar surface area (TPSA) is 98.2 Å². The Morgan fingerprint density at radius 1 is 0.929 bits per heavy atom. The lowest BCUT2D eigenvalue weighted by molar-refractivity contribution is -0.140. The second-order valence-electron chi connectivity index (χ2n) is 9.88. The number of aliphatic hydroxyl groups is 1. The number of carbonyl (C=O) groups excluding carboxylic acids is 2. The molecule has 1 atom stereocenters. The summed E-state index contributed by atoms with van der Waals surface area (Å²) in [4.78, 5) is 32.6. The van der Waals surface area contributed by atoms with E-state index in [1.807, 2.05) is 50.2 Å². The molecule has 1 unspecified atom stereocenters. The van der Waals surface area contributed by atoms with Crippen LogP contribution in [0.3, 0.4) is 0 Å². The number of hydrogen-bond acceptors (Lipinski definition) is 7. The van der Waals surface area contributed by atoms with Gasteiger partial charge < -0.3 is 24.2 Å². The zero-order chi connectivity index (χ0) is 29.6. The van der Waals surface area contributed by atoms with E-state index in [1.165, 1.54) is 12.0 Å². The first-order valence-corrected chi connectivity index (χ1v) is 13.7. The molecule has 5 rings (SSSR count). The number of amides is 1. The molecule has 8 nitrogen and oxygen atoms in total. The van der Waals surface area contributed by atoms with Crippen molar-refractivity contribution in [2.75, 3.05) is 13.7 Å². The Kier molecular flexibility index (Phi) is 8.52. The van der Waals surface area contributed by atoms with Crippen molar-refractivity contribution in [3.63, 3.8) is 0 Å². The van der Waals surface area contributed by atoms with Gasteiger partial charge in [0.1, 0.15) is 18.1 Å². The minimum absolute atomic E-state index is 0.00356. The number of benzene rings is 3. The van der Waals surface area contributed by atoms with Crippen molar-refractivity contribution in [3.8, 4) is 17.2 Å². The molecule has 4 aromatic rings. The molecule has 1 aromatic heterocycles. The molecule has 0 aliphatic carbocycles. The molecule has 3 aromatic carbocycles. The fraction of sp³-hybridized carbons (Fsp3) is 0.206. The molecule has 0 bridgehead atoms. The van der Waals surface area contributed by atoms with E-state index < -0.39 is 17.7 Å². The minimum Gasteiger partial charge on any atom is -0.507 e. The molecule has 214 valence electrons. The average molecular weight is 565 g/mol. The third-order valence-electron chi connectivity index (χ3n) is 7.12. The molecule has 1 N–H and O–H groups in total. The number of rotatable bonds is 10. The first kappa shape index (κ1) is 28.4. The van der Waals surface area contributed by atoms with Gasteiger partial charge in [-0.2, -0.15) is 0 Å². The van der Waals surface area contributed by atoms with E-state index in [9.17, 15) is 14.7 Å². The van der Waals surface area contributed by atoms with Gasteiger partial charge in [0.15, 0.2) is 11.5 Å². The molecule has 2 heterocycles. The number of likely N-dealkylation sites (tertiary alicyclic amines) is 1. The SMILES string of the molecule is CCOc1ccc(C2/C(=C(\O)c3ccc(OCc4ccccc4)cc3C)C(=O)C(=O)N2Cc2cccnc2)cc1OC. The molecular formula is C34H32N2O6. The Labute approximate surface area is 244 Å². The fourth-order valence-electron chi connectivity index (χ4n) is 5.08. The largest absolute Gasteiger partial charge is 0.507 e. The monoisotopic (exact) mass is 564 g/mol. The molecule has 1 saturated heterocycles. The number of Topliss-reactive ketones (excluding diaryl/α,β-unsaturated/α-hetero) is 1. The lowest BCUT2D eigenvalue weighted by atomic mass is 9.93. The molecule has 0 radical (unpaired) electrons. The van der Waals surface area contributed by atoms with Gasteiger partial charge in [0.05, 0.1) is 25.3 Å². The van der Waals surface area contributed by atoms with Crippen LogP contribution in [-0.4, -0.2) is 40.4 Å². The van der Waals surface area contributed by atoms with Crippen LogP contribution in [-0.2, 0) is 22.7 Å². The van der Waals surface area contributed by atoms with Crippen molar-refractivity contribution in [3.05, 3.63) is 125 Å². The Balaban J connectivity index is 1.56. The minimum atomic E-state index is -0.872. The number of aryl methyl sites for hydroxylation is 1. The molecule has 1 aliphatic rings. The first-order valence-electron chi connectivity index (χ1n) is 13.7. The highest BCUT2D eigenvalue weighted by Gasteiger charge is 2.46. The maximum absolute atomic E-state index is 13.6. The highest BCUT2D eigenvalue weighted by molar-refractivity contribution is 6.46. The van der Waals surface area contributed by atoms with Crippen molar-refractivity contribution >= 4 is 17.4 Å². The highest BCUT2D eigenvalue weighted by atomic mass is 16.5. The van der Waals surface area contributed by atoms with Crippen molar-refractivity contribution < 1.29 is 28.9 Å². The normalized spacial score (nSPS) is 16.0. The van der Waals surface area contributed by atoms with Gasteiger partial charge >= 0.3 is 0 Å². The Morgan fingerprint density at radius 2 is 1.71 bits per heavy atom. The van der Waals surface area contributed by atoms with Gasteiger partial charge in [-0.3, -0.25) is 14.6 Å². The van der Waals surface area contributed by atoms with Crippen LogP contribution in [0.4, 0.5) is 0 Å². The molecule has 1 amide bonds. The maximum atomic E-state index is 13.6. The molecule has 8 heteroatoms. The van der Waals surface area contributed by atoms with Crippen LogP contribution in [0.2, 0.25) is 0 Å². The van der Waals surface area contributed by atoms with Crippen molar-refractivity contribution in [2.45, 2.75) is 33.0 Å². The predicted octanol–water partition coefficient (Wildman–Crippen LogP) is 6.00. The average Bonchev–Trinajstić information content (AvgIpc) is 3.26. The van der Waals surface area contributed by atoms with E-state index in [4.69, 9.17) is 14.2 Å². The van der Waals surface area contributed by atoms with E-state index in [0.29, 0.717) is 47.2 Å². The van der Waals surface area contributed by atoms with E-state index in [0.717, 1.165) is 11.1 Å². The number of aliphatic hydroxyl groups excluding tert-OH is 1. The van der Waals surface area contributed by atoms with Gasteiger partial charge in [0.25, 0.3) is 11.7 Å². The van der Waals surface area contributed by atoms with E-state index in [2.05, 4.69) is 4.98 Å². The number of ether oxygens (including phenoxy) is 3. The Morgan fingerprint density at radius 3 is 2.40 bits per heavy atom. The number of nitrogens with zero attached hydrogens (tertiary/aromatic N) is 2. The molecule has 0 saturated carbocycles. The fourth-order valence-corrected chi connectivity index (χ4v) is 5.08. The third kappa shape index (κ3) is 5.83. The number of pyridine rings is 1. The van der Waals surface area contributed by atoms with Gasteiger partial charge in [-0.25, -0.2) is 0 Å². The van der Waals surface area contributed by atoms with Gasteiger partial charge in [-0.1, -0.05) is 42.5 Å². The second-order valence-corrected chi connectivity index (χ2v) is 9.88. The van der Waals surface area contributed by atoms with Crippen LogP contribution >= 0.6 is 0 Å². The molecule has 0 spiro atoms. The summed E-state index contributed by atoms with van der Waals surface area (Å²) in [6.45, 7) is 4.66. The molecule has 1 aliphatic heterocycles. The number of hydrogen-bond donors (Lipinski definition) is 1. The smallest absolute Gasteiger partial charge is 0.295 e. The molecule has 1 fully saturated rings.